The van der Waals surface area contributed by atoms with Gasteiger partial charge in [-0.25, -0.2) is 4.98 Å². The lowest BCUT2D eigenvalue weighted by Crippen LogP contribution is -2.47. The number of amides is 1. The van der Waals surface area contributed by atoms with Gasteiger partial charge in [0.15, 0.2) is 5.65 Å². The molecule has 2 aliphatic rings. The Hall–Kier alpha value is -2.81. The van der Waals surface area contributed by atoms with E-state index in [1.807, 2.05) is 13.1 Å². The highest BCUT2D eigenvalue weighted by Crippen LogP contribution is 2.34. The van der Waals surface area contributed by atoms with Gasteiger partial charge in [0.1, 0.15) is 5.60 Å². The second-order valence-corrected chi connectivity index (χ2v) is 9.26. The first-order valence-corrected chi connectivity index (χ1v) is 11.1. The zero-order valence-corrected chi connectivity index (χ0v) is 18.7. The number of aryl methyl sites for hydroxylation is 1. The van der Waals surface area contributed by atoms with Gasteiger partial charge in [-0.1, -0.05) is 6.07 Å². The van der Waals surface area contributed by atoms with E-state index in [9.17, 15) is 9.90 Å². The van der Waals surface area contributed by atoms with Crippen LogP contribution in [-0.4, -0.2) is 63.0 Å². The predicted molar refractivity (Wildman–Crippen MR) is 121 cm³/mol. The fraction of sp³-hybridized carbons (Fsp3) is 0.458. The average Bonchev–Trinajstić information content (AvgIpc) is 3.17. The number of hydrogen-bond donors (Lipinski definition) is 3. The maximum Gasteiger partial charge on any atom is 0.254 e. The number of benzene rings is 1. The van der Waals surface area contributed by atoms with E-state index in [0.29, 0.717) is 32.0 Å². The quantitative estimate of drug-likeness (QED) is 0.583. The standard InChI is InChI=1S/C24H29N5O3/c1-14-18-10-17(11-26-22(18)28-27-14)16-8-15-4-6-29(23(30)24(2,3)31)12-20(15)19(9-16)21-13-32-7-5-25-21/h8-11,21,25,31H,4-7,12-13H2,1-3H3,(H,26,27,28). The minimum Gasteiger partial charge on any atom is -0.381 e. The van der Waals surface area contributed by atoms with Gasteiger partial charge in [-0.3, -0.25) is 9.89 Å². The summed E-state index contributed by atoms with van der Waals surface area (Å²) in [7, 11) is 0. The second kappa shape index (κ2) is 7.95. The molecule has 168 valence electrons. The van der Waals surface area contributed by atoms with Crippen LogP contribution in [-0.2, 0) is 22.5 Å². The summed E-state index contributed by atoms with van der Waals surface area (Å²) < 4.78 is 5.76. The molecular weight excluding hydrogens is 406 g/mol. The second-order valence-electron chi connectivity index (χ2n) is 9.26. The number of carbonyl (C=O) groups excluding carboxylic acids is 1. The van der Waals surface area contributed by atoms with Gasteiger partial charge in [-0.15, -0.1) is 0 Å². The molecule has 2 aliphatic heterocycles. The SMILES string of the molecule is Cc1[nH]nc2ncc(-c3cc4c(c(C5COCCN5)c3)CN(C(=O)C(C)(C)O)CC4)cc12. The van der Waals surface area contributed by atoms with Crippen LogP contribution in [0.5, 0.6) is 0 Å². The van der Waals surface area contributed by atoms with Crippen molar-refractivity contribution in [1.29, 1.82) is 0 Å². The molecule has 0 radical (unpaired) electrons. The fourth-order valence-electron chi connectivity index (χ4n) is 4.68. The molecule has 2 aromatic heterocycles. The number of hydrogen-bond acceptors (Lipinski definition) is 6. The zero-order valence-electron chi connectivity index (χ0n) is 18.7. The summed E-state index contributed by atoms with van der Waals surface area (Å²) in [6, 6.07) is 6.60. The van der Waals surface area contributed by atoms with Crippen molar-refractivity contribution in [2.45, 2.75) is 45.4 Å². The van der Waals surface area contributed by atoms with E-state index in [1.54, 1.807) is 18.7 Å². The monoisotopic (exact) mass is 435 g/mol. The Morgan fingerprint density at radius 3 is 2.88 bits per heavy atom. The van der Waals surface area contributed by atoms with Gasteiger partial charge in [0.2, 0.25) is 0 Å². The van der Waals surface area contributed by atoms with Crippen LogP contribution in [0.1, 0.15) is 42.3 Å². The van der Waals surface area contributed by atoms with E-state index in [1.165, 1.54) is 5.56 Å². The van der Waals surface area contributed by atoms with Crippen molar-refractivity contribution in [3.8, 4) is 11.1 Å². The highest BCUT2D eigenvalue weighted by atomic mass is 16.5. The van der Waals surface area contributed by atoms with Crippen molar-refractivity contribution in [2.75, 3.05) is 26.3 Å². The number of fused-ring (bicyclic) bond motifs is 2. The number of nitrogens with zero attached hydrogens (tertiary/aromatic N) is 3. The number of carbonyl (C=O) groups is 1. The van der Waals surface area contributed by atoms with Crippen LogP contribution in [0.4, 0.5) is 0 Å². The Morgan fingerprint density at radius 2 is 2.12 bits per heavy atom. The molecule has 3 aromatic rings. The molecule has 8 heteroatoms. The van der Waals surface area contributed by atoms with E-state index in [4.69, 9.17) is 4.74 Å². The smallest absolute Gasteiger partial charge is 0.254 e. The summed E-state index contributed by atoms with van der Waals surface area (Å²) in [5.74, 6) is -0.240. The third-order valence-electron chi connectivity index (χ3n) is 6.42. The van der Waals surface area contributed by atoms with Crippen LogP contribution < -0.4 is 5.32 Å². The number of aromatic nitrogens is 3. The third kappa shape index (κ3) is 3.79. The van der Waals surface area contributed by atoms with Crippen molar-refractivity contribution in [3.05, 3.63) is 46.8 Å². The predicted octanol–water partition coefficient (Wildman–Crippen LogP) is 2.25. The van der Waals surface area contributed by atoms with Crippen LogP contribution in [0, 0.1) is 6.92 Å². The number of H-pyrrole nitrogens is 1. The van der Waals surface area contributed by atoms with Crippen LogP contribution >= 0.6 is 0 Å². The molecule has 4 heterocycles. The summed E-state index contributed by atoms with van der Waals surface area (Å²) >= 11 is 0. The first-order chi connectivity index (χ1) is 15.3. The molecular formula is C24H29N5O3. The maximum absolute atomic E-state index is 12.8. The van der Waals surface area contributed by atoms with Crippen molar-refractivity contribution < 1.29 is 14.6 Å². The third-order valence-corrected chi connectivity index (χ3v) is 6.42. The van der Waals surface area contributed by atoms with Crippen molar-refractivity contribution >= 4 is 16.9 Å². The molecule has 5 rings (SSSR count). The largest absolute Gasteiger partial charge is 0.381 e. The average molecular weight is 436 g/mol. The molecule has 1 unspecified atom stereocenters. The van der Waals surface area contributed by atoms with E-state index >= 15 is 0 Å². The van der Waals surface area contributed by atoms with Gasteiger partial charge in [0.25, 0.3) is 5.91 Å². The fourth-order valence-corrected chi connectivity index (χ4v) is 4.68. The lowest BCUT2D eigenvalue weighted by molar-refractivity contribution is -0.148. The van der Waals surface area contributed by atoms with Crippen LogP contribution in [0.25, 0.3) is 22.2 Å². The Morgan fingerprint density at radius 1 is 1.28 bits per heavy atom. The van der Waals surface area contributed by atoms with Crippen LogP contribution in [0.3, 0.4) is 0 Å². The van der Waals surface area contributed by atoms with Gasteiger partial charge in [-0.2, -0.15) is 5.10 Å². The summed E-state index contributed by atoms with van der Waals surface area (Å²) in [6.45, 7) is 8.25. The van der Waals surface area contributed by atoms with E-state index in [-0.39, 0.29) is 11.9 Å². The first-order valence-electron chi connectivity index (χ1n) is 11.1. The number of morpholine rings is 1. The molecule has 0 aliphatic carbocycles. The molecule has 1 atom stereocenters. The summed E-state index contributed by atoms with van der Waals surface area (Å²) in [5.41, 5.74) is 5.99. The number of aliphatic hydroxyl groups is 1. The Kier molecular flexibility index (Phi) is 5.23. The number of rotatable bonds is 3. The summed E-state index contributed by atoms with van der Waals surface area (Å²) in [6.07, 6.45) is 2.61. The van der Waals surface area contributed by atoms with Crippen molar-refractivity contribution in [3.63, 3.8) is 0 Å². The topological polar surface area (TPSA) is 103 Å². The molecule has 0 spiro atoms. The Balaban J connectivity index is 1.59. The lowest BCUT2D eigenvalue weighted by Gasteiger charge is -2.36. The van der Waals surface area contributed by atoms with Gasteiger partial charge in [-0.05, 0) is 61.6 Å². The first kappa shape index (κ1) is 21.1. The minimum atomic E-state index is -1.38. The maximum atomic E-state index is 12.8. The van der Waals surface area contributed by atoms with Gasteiger partial charge < -0.3 is 20.1 Å². The van der Waals surface area contributed by atoms with Gasteiger partial charge in [0, 0.05) is 42.5 Å². The molecule has 3 N–H and O–H groups in total. The van der Waals surface area contributed by atoms with E-state index in [0.717, 1.165) is 46.3 Å². The molecule has 32 heavy (non-hydrogen) atoms. The Labute approximate surface area is 187 Å². The van der Waals surface area contributed by atoms with E-state index < -0.39 is 5.60 Å². The number of aromatic amines is 1. The van der Waals surface area contributed by atoms with Crippen molar-refractivity contribution in [1.82, 2.24) is 25.4 Å². The van der Waals surface area contributed by atoms with Gasteiger partial charge >= 0.3 is 0 Å². The molecule has 8 nitrogen and oxygen atoms in total. The van der Waals surface area contributed by atoms with Crippen LogP contribution in [0.15, 0.2) is 24.4 Å². The zero-order chi connectivity index (χ0) is 22.5. The molecule has 1 fully saturated rings. The highest BCUT2D eigenvalue weighted by molar-refractivity contribution is 5.85. The number of pyridine rings is 1. The highest BCUT2D eigenvalue weighted by Gasteiger charge is 2.33. The number of ether oxygens (including phenoxy) is 1. The normalized spacial score (nSPS) is 19.2. The van der Waals surface area contributed by atoms with E-state index in [2.05, 4.69) is 38.7 Å². The molecule has 0 saturated carbocycles. The summed E-state index contributed by atoms with van der Waals surface area (Å²) in [5, 5.41) is 22.1. The molecule has 1 saturated heterocycles. The summed E-state index contributed by atoms with van der Waals surface area (Å²) in [4.78, 5) is 19.0. The van der Waals surface area contributed by atoms with Crippen LogP contribution in [0.2, 0.25) is 0 Å². The Bertz CT molecular complexity index is 1170. The molecule has 1 aromatic carbocycles. The lowest BCUT2D eigenvalue weighted by atomic mass is 9.87. The minimum absolute atomic E-state index is 0.0574. The molecule has 0 bridgehead atoms. The molecule has 1 amide bonds. The van der Waals surface area contributed by atoms with Crippen molar-refractivity contribution in [2.24, 2.45) is 0 Å². The van der Waals surface area contributed by atoms with Gasteiger partial charge in [0.05, 0.1) is 19.3 Å². The number of nitrogens with one attached hydrogen (secondary N) is 2.